The van der Waals surface area contributed by atoms with Crippen LogP contribution < -0.4 is 0 Å². The first kappa shape index (κ1) is 16.6. The summed E-state index contributed by atoms with van der Waals surface area (Å²) >= 11 is 11.4. The Hall–Kier alpha value is -1.73. The van der Waals surface area contributed by atoms with Crippen molar-refractivity contribution in [2.75, 3.05) is 6.54 Å². The van der Waals surface area contributed by atoms with Crippen molar-refractivity contribution in [1.82, 2.24) is 9.88 Å². The van der Waals surface area contributed by atoms with Gasteiger partial charge in [-0.1, -0.05) is 23.2 Å². The van der Waals surface area contributed by atoms with Gasteiger partial charge < -0.3 is 9.32 Å². The number of hydrogen-bond donors (Lipinski definition) is 0. The molecule has 0 saturated carbocycles. The van der Waals surface area contributed by atoms with Crippen LogP contribution in [0.4, 0.5) is 13.2 Å². The number of rotatable bonds is 4. The van der Waals surface area contributed by atoms with Crippen LogP contribution in [0.3, 0.4) is 0 Å². The van der Waals surface area contributed by atoms with Crippen LogP contribution in [0.2, 0.25) is 10.2 Å². The van der Waals surface area contributed by atoms with Gasteiger partial charge in [0.25, 0.3) is 5.91 Å². The molecular formula is C13H9Cl2F3N2O2. The van der Waals surface area contributed by atoms with Crippen LogP contribution in [-0.4, -0.2) is 28.5 Å². The first-order valence-electron chi connectivity index (χ1n) is 5.96. The second-order valence-corrected chi connectivity index (χ2v) is 5.12. The quantitative estimate of drug-likeness (QED) is 0.775. The monoisotopic (exact) mass is 352 g/mol. The Balaban J connectivity index is 2.26. The molecule has 1 amide bonds. The molecule has 2 rings (SSSR count). The van der Waals surface area contributed by atoms with Crippen molar-refractivity contribution in [3.05, 3.63) is 52.2 Å². The molecule has 2 heterocycles. The van der Waals surface area contributed by atoms with E-state index >= 15 is 0 Å². The van der Waals surface area contributed by atoms with Gasteiger partial charge in [0.2, 0.25) is 0 Å². The van der Waals surface area contributed by atoms with E-state index in [2.05, 4.69) is 4.98 Å². The lowest BCUT2D eigenvalue weighted by Crippen LogP contribution is -2.38. The maximum absolute atomic E-state index is 12.7. The number of carbonyl (C=O) groups excluding carboxylic acids is 1. The largest absolute Gasteiger partial charge is 0.467 e. The zero-order valence-electron chi connectivity index (χ0n) is 10.9. The van der Waals surface area contributed by atoms with Gasteiger partial charge in [-0.15, -0.1) is 0 Å². The molecule has 0 aliphatic carbocycles. The van der Waals surface area contributed by atoms with Crippen LogP contribution in [0.15, 0.2) is 35.1 Å². The van der Waals surface area contributed by atoms with E-state index in [1.165, 1.54) is 24.5 Å². The summed E-state index contributed by atoms with van der Waals surface area (Å²) in [6, 6.07) is 4.17. The first-order valence-corrected chi connectivity index (χ1v) is 6.71. The van der Waals surface area contributed by atoms with E-state index < -0.39 is 18.6 Å². The van der Waals surface area contributed by atoms with Gasteiger partial charge in [-0.2, -0.15) is 13.2 Å². The molecule has 0 atom stereocenters. The van der Waals surface area contributed by atoms with Crippen LogP contribution in [-0.2, 0) is 6.54 Å². The molecule has 22 heavy (non-hydrogen) atoms. The predicted octanol–water partition coefficient (Wildman–Crippen LogP) is 4.19. The third-order valence-corrected chi connectivity index (χ3v) is 3.31. The number of alkyl halides is 3. The van der Waals surface area contributed by atoms with Gasteiger partial charge in [0.05, 0.1) is 23.4 Å². The fraction of sp³-hybridized carbons (Fsp3) is 0.231. The van der Waals surface area contributed by atoms with Crippen molar-refractivity contribution >= 4 is 29.1 Å². The number of furan rings is 1. The molecule has 9 heteroatoms. The lowest BCUT2D eigenvalue weighted by atomic mass is 10.2. The van der Waals surface area contributed by atoms with Crippen LogP contribution in [0, 0.1) is 0 Å². The van der Waals surface area contributed by atoms with Gasteiger partial charge in [0.15, 0.2) is 0 Å². The molecule has 0 aliphatic rings. The predicted molar refractivity (Wildman–Crippen MR) is 73.8 cm³/mol. The third kappa shape index (κ3) is 4.38. The minimum Gasteiger partial charge on any atom is -0.467 e. The number of amides is 1. The molecule has 0 bridgehead atoms. The smallest absolute Gasteiger partial charge is 0.406 e. The summed E-state index contributed by atoms with van der Waals surface area (Å²) in [5.74, 6) is -0.648. The van der Waals surface area contributed by atoms with Crippen molar-refractivity contribution in [1.29, 1.82) is 0 Å². The average molecular weight is 353 g/mol. The summed E-state index contributed by atoms with van der Waals surface area (Å²) in [4.78, 5) is 16.5. The number of aromatic nitrogens is 1. The van der Waals surface area contributed by atoms with Crippen LogP contribution in [0.5, 0.6) is 0 Å². The molecule has 0 fully saturated rings. The van der Waals surface area contributed by atoms with E-state index in [1.807, 2.05) is 0 Å². The Labute approximate surface area is 133 Å². The van der Waals surface area contributed by atoms with Gasteiger partial charge in [-0.05, 0) is 18.2 Å². The fourth-order valence-electron chi connectivity index (χ4n) is 1.73. The van der Waals surface area contributed by atoms with Gasteiger partial charge in [0, 0.05) is 6.20 Å². The molecule has 0 N–H and O–H groups in total. The van der Waals surface area contributed by atoms with Gasteiger partial charge in [-0.25, -0.2) is 4.98 Å². The zero-order chi connectivity index (χ0) is 16.3. The summed E-state index contributed by atoms with van der Waals surface area (Å²) in [5.41, 5.74) is -0.0924. The second kappa shape index (κ2) is 6.58. The van der Waals surface area contributed by atoms with E-state index in [9.17, 15) is 18.0 Å². The average Bonchev–Trinajstić information content (AvgIpc) is 2.92. The van der Waals surface area contributed by atoms with E-state index in [1.54, 1.807) is 0 Å². The van der Waals surface area contributed by atoms with Crippen LogP contribution >= 0.6 is 23.2 Å². The molecule has 0 aromatic carbocycles. The molecule has 2 aromatic rings. The number of carbonyl (C=O) groups is 1. The van der Waals surface area contributed by atoms with Crippen molar-refractivity contribution in [2.45, 2.75) is 12.7 Å². The molecule has 118 valence electrons. The summed E-state index contributed by atoms with van der Waals surface area (Å²) < 4.78 is 43.0. The van der Waals surface area contributed by atoms with Crippen molar-refractivity contribution in [3.8, 4) is 0 Å². The molecule has 2 aromatic heterocycles. The van der Waals surface area contributed by atoms with Crippen LogP contribution in [0.1, 0.15) is 16.1 Å². The molecular weight excluding hydrogens is 344 g/mol. The normalized spacial score (nSPS) is 11.5. The lowest BCUT2D eigenvalue weighted by molar-refractivity contribution is -0.142. The van der Waals surface area contributed by atoms with E-state index in [4.69, 9.17) is 27.6 Å². The Morgan fingerprint density at radius 3 is 2.64 bits per heavy atom. The highest BCUT2D eigenvalue weighted by Gasteiger charge is 2.34. The molecule has 0 aliphatic heterocycles. The molecule has 0 unspecified atom stereocenters. The summed E-state index contributed by atoms with van der Waals surface area (Å²) in [5, 5.41) is -0.0518. The molecule has 0 radical (unpaired) electrons. The van der Waals surface area contributed by atoms with Crippen molar-refractivity contribution in [3.63, 3.8) is 0 Å². The maximum Gasteiger partial charge on any atom is 0.406 e. The van der Waals surface area contributed by atoms with E-state index in [0.29, 0.717) is 4.90 Å². The summed E-state index contributed by atoms with van der Waals surface area (Å²) in [7, 11) is 0. The standard InChI is InChI=1S/C13H9Cl2F3N2O2/c14-10-4-8(5-19-11(10)15)12(21)20(7-13(16,17)18)6-9-2-1-3-22-9/h1-5H,6-7H2. The third-order valence-electron chi connectivity index (χ3n) is 2.63. The number of halogens is 5. The SMILES string of the molecule is O=C(c1cnc(Cl)c(Cl)c1)N(Cc1ccco1)CC(F)(F)F. The van der Waals surface area contributed by atoms with E-state index in [0.717, 1.165) is 6.20 Å². The Morgan fingerprint density at radius 1 is 1.36 bits per heavy atom. The van der Waals surface area contributed by atoms with Crippen molar-refractivity contribution in [2.24, 2.45) is 0 Å². The van der Waals surface area contributed by atoms with Gasteiger partial charge in [-0.3, -0.25) is 4.79 Å². The topological polar surface area (TPSA) is 46.3 Å². The second-order valence-electron chi connectivity index (χ2n) is 4.35. The lowest BCUT2D eigenvalue weighted by Gasteiger charge is -2.23. The summed E-state index contributed by atoms with van der Waals surface area (Å²) in [6.07, 6.45) is -2.17. The highest BCUT2D eigenvalue weighted by Crippen LogP contribution is 2.23. The first-order chi connectivity index (χ1) is 10.3. The fourth-order valence-corrected chi connectivity index (χ4v) is 2.00. The Bertz CT molecular complexity index is 660. The highest BCUT2D eigenvalue weighted by molar-refractivity contribution is 6.41. The minimum absolute atomic E-state index is 0.0162. The van der Waals surface area contributed by atoms with Gasteiger partial charge in [0.1, 0.15) is 17.5 Å². The van der Waals surface area contributed by atoms with Crippen LogP contribution in [0.25, 0.3) is 0 Å². The number of hydrogen-bond acceptors (Lipinski definition) is 3. The van der Waals surface area contributed by atoms with Gasteiger partial charge >= 0.3 is 6.18 Å². The van der Waals surface area contributed by atoms with E-state index in [-0.39, 0.29) is 28.0 Å². The highest BCUT2D eigenvalue weighted by atomic mass is 35.5. The Morgan fingerprint density at radius 2 is 2.09 bits per heavy atom. The zero-order valence-corrected chi connectivity index (χ0v) is 12.4. The maximum atomic E-state index is 12.7. The molecule has 4 nitrogen and oxygen atoms in total. The minimum atomic E-state index is -4.55. The Kier molecular flexibility index (Phi) is 4.97. The summed E-state index contributed by atoms with van der Waals surface area (Å²) in [6.45, 7) is -1.75. The molecule has 0 spiro atoms. The number of nitrogens with zero attached hydrogens (tertiary/aromatic N) is 2. The number of pyridine rings is 1. The molecule has 0 saturated heterocycles. The van der Waals surface area contributed by atoms with Crippen molar-refractivity contribution < 1.29 is 22.4 Å².